The molecule has 0 saturated heterocycles. The lowest BCUT2D eigenvalue weighted by atomic mass is 9.82. The van der Waals surface area contributed by atoms with Crippen LogP contribution in [0.2, 0.25) is 0 Å². The summed E-state index contributed by atoms with van der Waals surface area (Å²) >= 11 is 0. The molecule has 0 heterocycles. The van der Waals surface area contributed by atoms with E-state index in [-0.39, 0.29) is 0 Å². The molecule has 0 spiro atoms. The molecule has 0 radical (unpaired) electrons. The lowest BCUT2D eigenvalue weighted by Gasteiger charge is -2.28. The second kappa shape index (κ2) is 9.21. The zero-order valence-corrected chi connectivity index (χ0v) is 18.5. The molecule has 2 fully saturated rings. The number of carbonyl (C=O) groups is 1. The van der Waals surface area contributed by atoms with Crippen LogP contribution in [0.25, 0.3) is 0 Å². The molecule has 2 saturated carbocycles. The largest absolute Gasteiger partial charge is 0.493 e. The van der Waals surface area contributed by atoms with Gasteiger partial charge in [-0.1, -0.05) is 55.5 Å². The van der Waals surface area contributed by atoms with Crippen LogP contribution in [0.1, 0.15) is 49.7 Å². The number of hydrogen-bond donors (Lipinski definition) is 2. The summed E-state index contributed by atoms with van der Waals surface area (Å²) in [5, 5.41) is 13.5. The topological polar surface area (TPSA) is 67.8 Å². The molecule has 0 aliphatic heterocycles. The molecular formula is C26H33NO4. The molecule has 2 atom stereocenters. The first kappa shape index (κ1) is 21.5. The first-order valence-electron chi connectivity index (χ1n) is 11.4. The van der Waals surface area contributed by atoms with Gasteiger partial charge in [0.25, 0.3) is 0 Å². The van der Waals surface area contributed by atoms with E-state index in [1.807, 2.05) is 18.2 Å². The van der Waals surface area contributed by atoms with Gasteiger partial charge in [-0.25, -0.2) is 4.79 Å². The average Bonchev–Trinajstić information content (AvgIpc) is 3.13. The molecule has 2 N–H and O–H groups in total. The summed E-state index contributed by atoms with van der Waals surface area (Å²) in [6.07, 6.45) is 6.93. The molecule has 4 rings (SSSR count). The zero-order chi connectivity index (χ0) is 21.8. The molecular weight excluding hydrogens is 390 g/mol. The molecule has 2 aliphatic carbocycles. The fourth-order valence-electron chi connectivity index (χ4n) is 5.42. The van der Waals surface area contributed by atoms with Crippen molar-refractivity contribution < 1.29 is 19.4 Å². The lowest BCUT2D eigenvalue weighted by Crippen LogP contribution is -2.44. The van der Waals surface area contributed by atoms with Crippen molar-refractivity contribution in [3.8, 4) is 11.5 Å². The van der Waals surface area contributed by atoms with E-state index in [1.165, 1.54) is 24.0 Å². The summed E-state index contributed by atoms with van der Waals surface area (Å²) in [7, 11) is 1.62. The molecule has 2 aliphatic rings. The highest BCUT2D eigenvalue weighted by Crippen LogP contribution is 2.48. The average molecular weight is 424 g/mol. The summed E-state index contributed by atoms with van der Waals surface area (Å²) in [6.45, 7) is 2.61. The second-order valence-electron chi connectivity index (χ2n) is 9.18. The summed E-state index contributed by atoms with van der Waals surface area (Å²) in [5.41, 5.74) is 2.34. The van der Waals surface area contributed by atoms with Gasteiger partial charge < -0.3 is 19.9 Å². The van der Waals surface area contributed by atoms with E-state index in [9.17, 15) is 9.90 Å². The minimum atomic E-state index is -0.896. The molecule has 31 heavy (non-hydrogen) atoms. The molecule has 5 heteroatoms. The number of aliphatic carboxylic acids is 1. The third-order valence-corrected chi connectivity index (χ3v) is 6.98. The molecule has 0 aromatic heterocycles. The fraction of sp³-hybridized carbons (Fsp3) is 0.500. The summed E-state index contributed by atoms with van der Waals surface area (Å²) in [4.78, 5) is 12.3. The normalized spacial score (nSPS) is 25.0. The van der Waals surface area contributed by atoms with E-state index in [0.717, 1.165) is 24.9 Å². The van der Waals surface area contributed by atoms with Crippen molar-refractivity contribution in [2.45, 2.75) is 57.4 Å². The number of methoxy groups -OCH3 is 1. The molecule has 0 amide bonds. The predicted molar refractivity (Wildman–Crippen MR) is 122 cm³/mol. The predicted octanol–water partition coefficient (Wildman–Crippen LogP) is 5.46. The Morgan fingerprint density at radius 2 is 1.84 bits per heavy atom. The Morgan fingerprint density at radius 1 is 1.10 bits per heavy atom. The van der Waals surface area contributed by atoms with Crippen molar-refractivity contribution in [2.75, 3.05) is 19.0 Å². The van der Waals surface area contributed by atoms with Crippen molar-refractivity contribution in [3.05, 3.63) is 53.6 Å². The maximum absolute atomic E-state index is 12.3. The SMILES string of the molecule is COc1ccc(NC2(C(=O)O)CC3CCCCC3C2)cc1OCCc1cccc(C)c1. The molecule has 0 bridgehead atoms. The fourth-order valence-corrected chi connectivity index (χ4v) is 5.42. The standard InChI is InChI=1S/C26H33NO4/c1-18-6-5-7-19(14-18)12-13-31-24-15-22(10-11-23(24)30-2)27-26(25(28)29)16-20-8-3-4-9-21(20)17-26/h5-7,10-11,14-15,20-21,27H,3-4,8-9,12-13,16-17H2,1-2H3,(H,28,29). The van der Waals surface area contributed by atoms with Crippen LogP contribution in [-0.4, -0.2) is 30.3 Å². The minimum absolute atomic E-state index is 0.514. The van der Waals surface area contributed by atoms with E-state index in [4.69, 9.17) is 9.47 Å². The van der Waals surface area contributed by atoms with Crippen molar-refractivity contribution in [1.82, 2.24) is 0 Å². The van der Waals surface area contributed by atoms with Crippen molar-refractivity contribution in [1.29, 1.82) is 0 Å². The Morgan fingerprint density at radius 3 is 2.48 bits per heavy atom. The maximum Gasteiger partial charge on any atom is 0.329 e. The van der Waals surface area contributed by atoms with Gasteiger partial charge in [-0.15, -0.1) is 0 Å². The highest BCUT2D eigenvalue weighted by molar-refractivity contribution is 5.83. The monoisotopic (exact) mass is 423 g/mol. The van der Waals surface area contributed by atoms with E-state index in [2.05, 4.69) is 36.5 Å². The Kier molecular flexibility index (Phi) is 6.40. The summed E-state index contributed by atoms with van der Waals surface area (Å²) in [5.74, 6) is 1.57. The maximum atomic E-state index is 12.3. The van der Waals surface area contributed by atoms with Crippen LogP contribution in [0.5, 0.6) is 11.5 Å². The van der Waals surface area contributed by atoms with Gasteiger partial charge in [-0.05, 0) is 49.3 Å². The van der Waals surface area contributed by atoms with E-state index in [0.29, 0.717) is 42.8 Å². The number of nitrogens with one attached hydrogen (secondary N) is 1. The summed E-state index contributed by atoms with van der Waals surface area (Å²) in [6, 6.07) is 14.0. The van der Waals surface area contributed by atoms with Gasteiger partial charge in [0.2, 0.25) is 0 Å². The first-order chi connectivity index (χ1) is 15.0. The third kappa shape index (κ3) is 4.81. The first-order valence-corrected chi connectivity index (χ1v) is 11.4. The van der Waals surface area contributed by atoms with Crippen LogP contribution in [0.4, 0.5) is 5.69 Å². The lowest BCUT2D eigenvalue weighted by molar-refractivity contribution is -0.142. The number of benzene rings is 2. The number of fused-ring (bicyclic) bond motifs is 1. The molecule has 166 valence electrons. The van der Waals surface area contributed by atoms with Crippen molar-refractivity contribution in [2.24, 2.45) is 11.8 Å². The van der Waals surface area contributed by atoms with Gasteiger partial charge in [0.15, 0.2) is 11.5 Å². The van der Waals surface area contributed by atoms with Crippen LogP contribution in [0.15, 0.2) is 42.5 Å². The minimum Gasteiger partial charge on any atom is -0.493 e. The Labute approximate surface area is 184 Å². The van der Waals surface area contributed by atoms with Crippen LogP contribution in [-0.2, 0) is 11.2 Å². The van der Waals surface area contributed by atoms with Crippen LogP contribution >= 0.6 is 0 Å². The number of carboxylic acid groups (broad SMARTS) is 1. The van der Waals surface area contributed by atoms with E-state index >= 15 is 0 Å². The third-order valence-electron chi connectivity index (χ3n) is 6.98. The Hall–Kier alpha value is -2.69. The zero-order valence-electron chi connectivity index (χ0n) is 18.5. The second-order valence-corrected chi connectivity index (χ2v) is 9.18. The van der Waals surface area contributed by atoms with Gasteiger partial charge in [0.1, 0.15) is 5.54 Å². The molecule has 2 unspecified atom stereocenters. The van der Waals surface area contributed by atoms with Gasteiger partial charge in [0, 0.05) is 18.2 Å². The number of ether oxygens (including phenoxy) is 2. The van der Waals surface area contributed by atoms with Crippen molar-refractivity contribution >= 4 is 11.7 Å². The van der Waals surface area contributed by atoms with Gasteiger partial charge in [-0.3, -0.25) is 0 Å². The molecule has 2 aromatic rings. The van der Waals surface area contributed by atoms with E-state index in [1.54, 1.807) is 7.11 Å². The summed E-state index contributed by atoms with van der Waals surface area (Å²) < 4.78 is 11.5. The quantitative estimate of drug-likeness (QED) is 0.590. The van der Waals surface area contributed by atoms with E-state index < -0.39 is 11.5 Å². The highest BCUT2D eigenvalue weighted by Gasteiger charge is 2.50. The van der Waals surface area contributed by atoms with Gasteiger partial charge in [0.05, 0.1) is 13.7 Å². The number of carboxylic acids is 1. The van der Waals surface area contributed by atoms with Crippen LogP contribution in [0.3, 0.4) is 0 Å². The highest BCUT2D eigenvalue weighted by atomic mass is 16.5. The molecule has 2 aromatic carbocycles. The number of anilines is 1. The number of rotatable bonds is 8. The molecule has 5 nitrogen and oxygen atoms in total. The Balaban J connectivity index is 1.47. The van der Waals surface area contributed by atoms with Gasteiger partial charge >= 0.3 is 5.97 Å². The van der Waals surface area contributed by atoms with Gasteiger partial charge in [-0.2, -0.15) is 0 Å². The Bertz CT molecular complexity index is 911. The van der Waals surface area contributed by atoms with Crippen LogP contribution < -0.4 is 14.8 Å². The smallest absolute Gasteiger partial charge is 0.329 e. The number of hydrogen-bond acceptors (Lipinski definition) is 4. The van der Waals surface area contributed by atoms with Crippen molar-refractivity contribution in [3.63, 3.8) is 0 Å². The number of aryl methyl sites for hydroxylation is 1. The van der Waals surface area contributed by atoms with Crippen LogP contribution in [0, 0.1) is 18.8 Å².